The molecule has 100 valence electrons. The van der Waals surface area contributed by atoms with Gasteiger partial charge >= 0.3 is 0 Å². The van der Waals surface area contributed by atoms with Gasteiger partial charge < -0.3 is 15.0 Å². The van der Waals surface area contributed by atoms with E-state index in [1.807, 2.05) is 31.3 Å². The Balaban J connectivity index is 2.03. The van der Waals surface area contributed by atoms with Gasteiger partial charge in [0.05, 0.1) is 7.11 Å². The molecule has 0 atom stereocenters. The first-order valence-electron chi connectivity index (χ1n) is 6.29. The Labute approximate surface area is 112 Å². The van der Waals surface area contributed by atoms with E-state index in [0.29, 0.717) is 6.54 Å². The number of nitrogens with one attached hydrogen (secondary N) is 2. The fraction of sp³-hybridized carbons (Fsp3) is 0.267. The van der Waals surface area contributed by atoms with Crippen molar-refractivity contribution in [3.63, 3.8) is 0 Å². The SMILES string of the molecule is CC=CC(=O)NCCc1c[nH]c2cc(OC)ccc12. The summed E-state index contributed by atoms with van der Waals surface area (Å²) in [5.41, 5.74) is 2.24. The van der Waals surface area contributed by atoms with Crippen LogP contribution in [0.25, 0.3) is 10.9 Å². The van der Waals surface area contributed by atoms with Crippen LogP contribution >= 0.6 is 0 Å². The van der Waals surface area contributed by atoms with Gasteiger partial charge in [0.25, 0.3) is 0 Å². The van der Waals surface area contributed by atoms with Gasteiger partial charge in [-0.1, -0.05) is 6.08 Å². The summed E-state index contributed by atoms with van der Waals surface area (Å²) >= 11 is 0. The van der Waals surface area contributed by atoms with Gasteiger partial charge in [-0.15, -0.1) is 0 Å². The third-order valence-electron chi connectivity index (χ3n) is 2.99. The van der Waals surface area contributed by atoms with E-state index in [4.69, 9.17) is 4.74 Å². The van der Waals surface area contributed by atoms with E-state index in [2.05, 4.69) is 10.3 Å². The molecule has 1 heterocycles. The molecule has 0 radical (unpaired) electrons. The Kier molecular flexibility index (Phi) is 4.23. The summed E-state index contributed by atoms with van der Waals surface area (Å²) < 4.78 is 5.19. The highest BCUT2D eigenvalue weighted by molar-refractivity contribution is 5.87. The molecule has 0 aliphatic rings. The van der Waals surface area contributed by atoms with Crippen LogP contribution in [0.2, 0.25) is 0 Å². The lowest BCUT2D eigenvalue weighted by Crippen LogP contribution is -2.23. The number of aromatic nitrogens is 1. The van der Waals surface area contributed by atoms with Gasteiger partial charge in [-0.25, -0.2) is 0 Å². The van der Waals surface area contributed by atoms with Crippen molar-refractivity contribution in [2.24, 2.45) is 0 Å². The van der Waals surface area contributed by atoms with E-state index in [1.165, 1.54) is 17.0 Å². The minimum atomic E-state index is -0.0518. The van der Waals surface area contributed by atoms with E-state index in [-0.39, 0.29) is 5.91 Å². The Bertz CT molecular complexity index is 599. The van der Waals surface area contributed by atoms with Crippen LogP contribution in [0.4, 0.5) is 0 Å². The molecule has 0 fully saturated rings. The van der Waals surface area contributed by atoms with Crippen molar-refractivity contribution in [3.8, 4) is 5.75 Å². The molecule has 2 aromatic rings. The van der Waals surface area contributed by atoms with Gasteiger partial charge in [-0.2, -0.15) is 0 Å². The second kappa shape index (κ2) is 6.09. The number of fused-ring (bicyclic) bond motifs is 1. The summed E-state index contributed by atoms with van der Waals surface area (Å²) in [6, 6.07) is 5.95. The number of rotatable bonds is 5. The van der Waals surface area contributed by atoms with Crippen molar-refractivity contribution >= 4 is 16.8 Å². The predicted molar refractivity (Wildman–Crippen MR) is 76.4 cm³/mol. The fourth-order valence-electron chi connectivity index (χ4n) is 2.03. The van der Waals surface area contributed by atoms with Crippen molar-refractivity contribution in [1.82, 2.24) is 10.3 Å². The van der Waals surface area contributed by atoms with E-state index in [1.54, 1.807) is 13.2 Å². The maximum Gasteiger partial charge on any atom is 0.243 e. The summed E-state index contributed by atoms with van der Waals surface area (Å²) in [7, 11) is 1.65. The number of ether oxygens (including phenoxy) is 1. The highest BCUT2D eigenvalue weighted by Crippen LogP contribution is 2.23. The number of H-pyrrole nitrogens is 1. The summed E-state index contributed by atoms with van der Waals surface area (Å²) in [5, 5.41) is 4.01. The Morgan fingerprint density at radius 1 is 1.47 bits per heavy atom. The zero-order valence-corrected chi connectivity index (χ0v) is 11.2. The van der Waals surface area contributed by atoms with Crippen molar-refractivity contribution in [2.45, 2.75) is 13.3 Å². The molecule has 2 N–H and O–H groups in total. The van der Waals surface area contributed by atoms with Crippen molar-refractivity contribution in [3.05, 3.63) is 42.1 Å². The molecular formula is C15H18N2O2. The monoisotopic (exact) mass is 258 g/mol. The van der Waals surface area contributed by atoms with Gasteiger partial charge in [0.2, 0.25) is 5.91 Å². The summed E-state index contributed by atoms with van der Waals surface area (Å²) in [5.74, 6) is 0.784. The molecule has 0 spiro atoms. The molecule has 4 nitrogen and oxygen atoms in total. The Morgan fingerprint density at radius 2 is 2.32 bits per heavy atom. The van der Waals surface area contributed by atoms with Crippen molar-refractivity contribution < 1.29 is 9.53 Å². The highest BCUT2D eigenvalue weighted by Gasteiger charge is 2.05. The topological polar surface area (TPSA) is 54.1 Å². The van der Waals surface area contributed by atoms with Crippen LogP contribution in [0, 0.1) is 0 Å². The Morgan fingerprint density at radius 3 is 3.05 bits per heavy atom. The first-order chi connectivity index (χ1) is 9.24. The number of carbonyl (C=O) groups is 1. The number of benzene rings is 1. The number of hydrogen-bond acceptors (Lipinski definition) is 2. The van der Waals surface area contributed by atoms with Gasteiger partial charge in [0.15, 0.2) is 0 Å². The maximum absolute atomic E-state index is 11.3. The largest absolute Gasteiger partial charge is 0.497 e. The molecule has 0 aliphatic carbocycles. The van der Waals surface area contributed by atoms with Crippen LogP contribution < -0.4 is 10.1 Å². The second-order valence-electron chi connectivity index (χ2n) is 4.27. The molecule has 2 rings (SSSR count). The summed E-state index contributed by atoms with van der Waals surface area (Å²) in [6.07, 6.45) is 6.04. The Hall–Kier alpha value is -2.23. The zero-order chi connectivity index (χ0) is 13.7. The molecule has 1 amide bonds. The van der Waals surface area contributed by atoms with Crippen LogP contribution in [-0.4, -0.2) is 24.5 Å². The minimum Gasteiger partial charge on any atom is -0.497 e. The molecular weight excluding hydrogens is 240 g/mol. The minimum absolute atomic E-state index is 0.0518. The molecule has 1 aromatic carbocycles. The summed E-state index contributed by atoms with van der Waals surface area (Å²) in [4.78, 5) is 14.5. The zero-order valence-electron chi connectivity index (χ0n) is 11.2. The molecule has 19 heavy (non-hydrogen) atoms. The van der Waals surface area contributed by atoms with Crippen LogP contribution in [-0.2, 0) is 11.2 Å². The lowest BCUT2D eigenvalue weighted by atomic mass is 10.1. The van der Waals surface area contributed by atoms with Gasteiger partial charge in [0, 0.05) is 29.7 Å². The number of methoxy groups -OCH3 is 1. The average molecular weight is 258 g/mol. The number of carbonyl (C=O) groups excluding carboxylic acids is 1. The van der Waals surface area contributed by atoms with Gasteiger partial charge in [-0.05, 0) is 37.1 Å². The fourth-order valence-corrected chi connectivity index (χ4v) is 2.03. The van der Waals surface area contributed by atoms with Crippen molar-refractivity contribution in [1.29, 1.82) is 0 Å². The normalized spacial score (nSPS) is 11.1. The standard InChI is InChI=1S/C15H18N2O2/c1-3-4-15(18)16-8-7-11-10-17-14-9-12(19-2)5-6-13(11)14/h3-6,9-10,17H,7-8H2,1-2H3,(H,16,18). The molecule has 0 saturated carbocycles. The molecule has 4 heteroatoms. The quantitative estimate of drug-likeness (QED) is 0.809. The average Bonchev–Trinajstić information content (AvgIpc) is 2.81. The predicted octanol–water partition coefficient (Wildman–Crippen LogP) is 2.41. The van der Waals surface area contributed by atoms with E-state index >= 15 is 0 Å². The molecule has 0 unspecified atom stereocenters. The molecule has 0 bridgehead atoms. The third-order valence-corrected chi connectivity index (χ3v) is 2.99. The lowest BCUT2D eigenvalue weighted by molar-refractivity contribution is -0.116. The van der Waals surface area contributed by atoms with Gasteiger partial charge in [0.1, 0.15) is 5.75 Å². The number of aromatic amines is 1. The molecule has 0 saturated heterocycles. The molecule has 0 aliphatic heterocycles. The van der Waals surface area contributed by atoms with Gasteiger partial charge in [-0.3, -0.25) is 4.79 Å². The first-order valence-corrected chi connectivity index (χ1v) is 6.29. The molecule has 1 aromatic heterocycles. The second-order valence-corrected chi connectivity index (χ2v) is 4.27. The number of allylic oxidation sites excluding steroid dienone is 1. The van der Waals surface area contributed by atoms with Crippen LogP contribution in [0.3, 0.4) is 0 Å². The lowest BCUT2D eigenvalue weighted by Gasteiger charge is -2.02. The summed E-state index contributed by atoms with van der Waals surface area (Å²) in [6.45, 7) is 2.45. The van der Waals surface area contributed by atoms with Crippen molar-refractivity contribution in [2.75, 3.05) is 13.7 Å². The van der Waals surface area contributed by atoms with E-state index < -0.39 is 0 Å². The smallest absolute Gasteiger partial charge is 0.243 e. The third kappa shape index (κ3) is 3.16. The van der Waals surface area contributed by atoms with E-state index in [0.717, 1.165) is 17.7 Å². The number of hydrogen-bond donors (Lipinski definition) is 2. The van der Waals surface area contributed by atoms with E-state index in [9.17, 15) is 4.79 Å². The van der Waals surface area contributed by atoms with Crippen LogP contribution in [0.5, 0.6) is 5.75 Å². The number of amides is 1. The maximum atomic E-state index is 11.3. The van der Waals surface area contributed by atoms with Crippen LogP contribution in [0.1, 0.15) is 12.5 Å². The van der Waals surface area contributed by atoms with Crippen LogP contribution in [0.15, 0.2) is 36.5 Å². The first kappa shape index (κ1) is 13.2. The highest BCUT2D eigenvalue weighted by atomic mass is 16.5.